The van der Waals surface area contributed by atoms with Crippen LogP contribution >= 0.6 is 0 Å². The van der Waals surface area contributed by atoms with E-state index >= 15 is 0 Å². The van der Waals surface area contributed by atoms with E-state index in [1.807, 2.05) is 74.5 Å². The van der Waals surface area contributed by atoms with Gasteiger partial charge in [-0.2, -0.15) is 0 Å². The summed E-state index contributed by atoms with van der Waals surface area (Å²) in [4.78, 5) is 43.5. The van der Waals surface area contributed by atoms with E-state index in [1.165, 1.54) is 0 Å². The van der Waals surface area contributed by atoms with Gasteiger partial charge >= 0.3 is 6.03 Å². The van der Waals surface area contributed by atoms with Crippen molar-refractivity contribution in [2.75, 3.05) is 44.0 Å². The van der Waals surface area contributed by atoms with Crippen LogP contribution in [0.25, 0.3) is 0 Å². The van der Waals surface area contributed by atoms with Crippen LogP contribution in [0, 0.1) is 5.92 Å². The lowest BCUT2D eigenvalue weighted by Gasteiger charge is -2.35. The van der Waals surface area contributed by atoms with Gasteiger partial charge in [0.1, 0.15) is 5.75 Å². The molecular weight excluding hydrogens is 596 g/mol. The van der Waals surface area contributed by atoms with Gasteiger partial charge in [-0.1, -0.05) is 55.5 Å². The van der Waals surface area contributed by atoms with Crippen molar-refractivity contribution < 1.29 is 29.0 Å². The molecule has 0 aromatic heterocycles. The highest BCUT2D eigenvalue weighted by Crippen LogP contribution is 2.28. The Balaban J connectivity index is 1.58. The smallest absolute Gasteiger partial charge is 0.321 e. The van der Waals surface area contributed by atoms with Crippen molar-refractivity contribution in [2.24, 2.45) is 5.92 Å². The van der Waals surface area contributed by atoms with Crippen molar-refractivity contribution in [1.82, 2.24) is 9.80 Å². The number of nitrogens with zero attached hydrogens (tertiary/aromatic N) is 2. The van der Waals surface area contributed by atoms with Gasteiger partial charge in [0.25, 0.3) is 5.91 Å². The lowest BCUT2D eigenvalue weighted by atomic mass is 10.0. The summed E-state index contributed by atoms with van der Waals surface area (Å²) in [5, 5.41) is 16.0. The minimum atomic E-state index is -0.515. The lowest BCUT2D eigenvalue weighted by molar-refractivity contribution is -0.115. The summed E-state index contributed by atoms with van der Waals surface area (Å²) >= 11 is 0. The van der Waals surface area contributed by atoms with Crippen molar-refractivity contribution in [2.45, 2.75) is 64.7 Å². The van der Waals surface area contributed by atoms with Crippen LogP contribution in [-0.2, 0) is 16.0 Å². The molecule has 0 spiro atoms. The van der Waals surface area contributed by atoms with Gasteiger partial charge in [0.2, 0.25) is 5.91 Å². The summed E-state index contributed by atoms with van der Waals surface area (Å²) in [5.41, 5.74) is 2.36. The zero-order chi connectivity index (χ0) is 33.8. The van der Waals surface area contributed by atoms with Gasteiger partial charge in [0.05, 0.1) is 36.8 Å². The number of amides is 4. The first-order valence-corrected chi connectivity index (χ1v) is 16.4. The average molecular weight is 645 g/mol. The second-order valence-electron chi connectivity index (χ2n) is 12.4. The van der Waals surface area contributed by atoms with Crippen LogP contribution in [-0.4, -0.2) is 84.4 Å². The predicted octanol–water partition coefficient (Wildman–Crippen LogP) is 5.83. The summed E-state index contributed by atoms with van der Waals surface area (Å²) in [6.07, 6.45) is 2.08. The van der Waals surface area contributed by atoms with Crippen LogP contribution in [0.15, 0.2) is 78.9 Å². The van der Waals surface area contributed by atoms with Crippen molar-refractivity contribution in [3.05, 3.63) is 90.0 Å². The van der Waals surface area contributed by atoms with Gasteiger partial charge in [0.15, 0.2) is 0 Å². The molecule has 10 heteroatoms. The topological polar surface area (TPSA) is 120 Å². The van der Waals surface area contributed by atoms with E-state index in [0.29, 0.717) is 35.8 Å². The van der Waals surface area contributed by atoms with E-state index in [-0.39, 0.29) is 55.5 Å². The summed E-state index contributed by atoms with van der Waals surface area (Å²) in [6.45, 7) is 6.57. The van der Waals surface area contributed by atoms with Crippen molar-refractivity contribution in [3.8, 4) is 5.75 Å². The molecule has 1 aliphatic rings. The number of hydrogen-bond acceptors (Lipinski definition) is 6. The first-order valence-electron chi connectivity index (χ1n) is 16.4. The first kappa shape index (κ1) is 35.4. The monoisotopic (exact) mass is 644 g/mol. The van der Waals surface area contributed by atoms with Gasteiger partial charge in [-0.3, -0.25) is 9.59 Å². The molecular formula is C37H48N4O6. The Bertz CT molecular complexity index is 1450. The van der Waals surface area contributed by atoms with E-state index in [0.717, 1.165) is 24.8 Å². The molecule has 0 saturated carbocycles. The van der Waals surface area contributed by atoms with Crippen LogP contribution in [0.2, 0.25) is 0 Å². The molecule has 0 radical (unpaired) electrons. The minimum Gasteiger partial charge on any atom is -0.490 e. The number of aliphatic hydroxyl groups excluding tert-OH is 1. The van der Waals surface area contributed by atoms with Crippen LogP contribution in [0.4, 0.5) is 16.2 Å². The number of carbonyl (C=O) groups is 3. The molecule has 0 bridgehead atoms. The van der Waals surface area contributed by atoms with E-state index < -0.39 is 6.04 Å². The van der Waals surface area contributed by atoms with E-state index in [2.05, 4.69) is 10.6 Å². The highest BCUT2D eigenvalue weighted by atomic mass is 16.5. The second kappa shape index (κ2) is 17.5. The van der Waals surface area contributed by atoms with E-state index in [1.54, 1.807) is 42.0 Å². The van der Waals surface area contributed by atoms with Crippen molar-refractivity contribution in [3.63, 3.8) is 0 Å². The lowest BCUT2D eigenvalue weighted by Crippen LogP contribution is -2.48. The summed E-state index contributed by atoms with van der Waals surface area (Å²) in [6, 6.07) is 23.1. The van der Waals surface area contributed by atoms with Crippen LogP contribution < -0.4 is 15.4 Å². The molecule has 4 atom stereocenters. The van der Waals surface area contributed by atoms with Gasteiger partial charge < -0.3 is 35.0 Å². The Morgan fingerprint density at radius 3 is 2.38 bits per heavy atom. The SMILES string of the molecule is C[C@@H]1CN([C@@H](C)CO)C(=O)c2cc(NC(=O)Cc3ccccc3)ccc2O[C@@H](C)CCCCO[C@@H]1CN(C)C(=O)Nc1ccccc1. The second-order valence-corrected chi connectivity index (χ2v) is 12.4. The number of urea groups is 1. The number of aliphatic hydroxyl groups is 1. The molecule has 0 unspecified atom stereocenters. The van der Waals surface area contributed by atoms with Crippen LogP contribution in [0.3, 0.4) is 0 Å². The molecule has 0 saturated heterocycles. The number of fused-ring (bicyclic) bond motifs is 1. The first-order chi connectivity index (χ1) is 22.6. The number of ether oxygens (including phenoxy) is 2. The number of carbonyl (C=O) groups excluding carboxylic acids is 3. The largest absolute Gasteiger partial charge is 0.490 e. The number of likely N-dealkylation sites (N-methyl/N-ethyl adjacent to an activating group) is 1. The predicted molar refractivity (Wildman–Crippen MR) is 184 cm³/mol. The highest BCUT2D eigenvalue weighted by Gasteiger charge is 2.31. The summed E-state index contributed by atoms with van der Waals surface area (Å²) < 4.78 is 12.7. The van der Waals surface area contributed by atoms with Crippen molar-refractivity contribution in [1.29, 1.82) is 0 Å². The van der Waals surface area contributed by atoms with Gasteiger partial charge in [0, 0.05) is 44.0 Å². The minimum absolute atomic E-state index is 0.172. The number of para-hydroxylation sites is 1. The molecule has 3 aromatic carbocycles. The van der Waals surface area contributed by atoms with Crippen molar-refractivity contribution >= 4 is 29.2 Å². The summed E-state index contributed by atoms with van der Waals surface area (Å²) in [7, 11) is 1.72. The molecule has 4 rings (SSSR count). The van der Waals surface area contributed by atoms with Gasteiger partial charge in [-0.05, 0) is 69.0 Å². The Hall–Kier alpha value is -4.41. The summed E-state index contributed by atoms with van der Waals surface area (Å²) in [5.74, 6) is -0.299. The number of benzene rings is 3. The molecule has 1 aliphatic heterocycles. The van der Waals surface area contributed by atoms with E-state index in [4.69, 9.17) is 9.47 Å². The third kappa shape index (κ3) is 10.6. The number of nitrogens with one attached hydrogen (secondary N) is 2. The van der Waals surface area contributed by atoms with Crippen LogP contribution in [0.1, 0.15) is 56.0 Å². The molecule has 1 heterocycles. The quantitative estimate of drug-likeness (QED) is 0.284. The fourth-order valence-corrected chi connectivity index (χ4v) is 5.54. The fraction of sp³-hybridized carbons (Fsp3) is 0.432. The van der Waals surface area contributed by atoms with E-state index in [9.17, 15) is 19.5 Å². The Morgan fingerprint density at radius 2 is 1.68 bits per heavy atom. The molecule has 10 nitrogen and oxygen atoms in total. The molecule has 47 heavy (non-hydrogen) atoms. The fourth-order valence-electron chi connectivity index (χ4n) is 5.54. The maximum absolute atomic E-state index is 14.3. The highest BCUT2D eigenvalue weighted by molar-refractivity contribution is 6.00. The zero-order valence-corrected chi connectivity index (χ0v) is 27.9. The molecule has 0 aliphatic carbocycles. The van der Waals surface area contributed by atoms with Gasteiger partial charge in [-0.15, -0.1) is 0 Å². The number of rotatable bonds is 8. The van der Waals surface area contributed by atoms with Crippen LogP contribution in [0.5, 0.6) is 5.75 Å². The number of hydrogen-bond donors (Lipinski definition) is 3. The molecule has 4 amide bonds. The zero-order valence-electron chi connectivity index (χ0n) is 27.9. The standard InChI is InChI=1S/C37H48N4O6/c1-26-23-41(27(2)25-42)36(44)32-22-31(38-35(43)21-29-14-7-5-8-15-29)18-19-33(32)47-28(3)13-11-12-20-46-34(26)24-40(4)37(45)39-30-16-9-6-10-17-30/h5-10,14-19,22,26-28,34,42H,11-13,20-21,23-25H2,1-4H3,(H,38,43)(H,39,45)/t26-,27+,28+,34-/m1/s1. The Morgan fingerprint density at radius 1 is 0.979 bits per heavy atom. The molecule has 3 N–H and O–H groups in total. The normalized spacial score (nSPS) is 19.8. The Labute approximate surface area is 278 Å². The molecule has 0 fully saturated rings. The molecule has 252 valence electrons. The number of anilines is 2. The maximum atomic E-state index is 14.3. The molecule has 3 aromatic rings. The Kier molecular flexibility index (Phi) is 13.2. The third-order valence-corrected chi connectivity index (χ3v) is 8.37. The third-order valence-electron chi connectivity index (χ3n) is 8.37. The average Bonchev–Trinajstić information content (AvgIpc) is 3.06. The van der Waals surface area contributed by atoms with Gasteiger partial charge in [-0.25, -0.2) is 4.79 Å². The maximum Gasteiger partial charge on any atom is 0.321 e.